The summed E-state index contributed by atoms with van der Waals surface area (Å²) in [4.78, 5) is 3.04. The third-order valence-electron chi connectivity index (χ3n) is 5.87. The minimum absolute atomic E-state index is 0.0922. The Morgan fingerprint density at radius 1 is 1.03 bits per heavy atom. The number of rotatable bonds is 6. The topological polar surface area (TPSA) is 71.4 Å². The van der Waals surface area contributed by atoms with Crippen molar-refractivity contribution in [1.82, 2.24) is 13.6 Å². The van der Waals surface area contributed by atoms with Crippen LogP contribution >= 0.6 is 0 Å². The monoisotopic (exact) mass is 459 g/mol. The number of likely N-dealkylation sites (tertiary alicyclic amines) is 1. The molecule has 1 aromatic heterocycles. The molecule has 3 aromatic rings. The molecule has 2 heterocycles. The summed E-state index contributed by atoms with van der Waals surface area (Å²) >= 11 is 0. The second kappa shape index (κ2) is 8.86. The summed E-state index contributed by atoms with van der Waals surface area (Å²) in [5, 5.41) is 0.655. The highest BCUT2D eigenvalue weighted by Crippen LogP contribution is 2.34. The lowest BCUT2D eigenvalue weighted by Gasteiger charge is -2.29. The fourth-order valence-electron chi connectivity index (χ4n) is 4.13. The zero-order chi connectivity index (χ0) is 22.2. The van der Waals surface area contributed by atoms with Gasteiger partial charge in [-0.3, -0.25) is 3.97 Å². The molecular weight excluding hydrogens is 430 g/mol. The molecule has 1 unspecified atom stereocenters. The number of piperidine rings is 1. The van der Waals surface area contributed by atoms with E-state index in [2.05, 4.69) is 9.62 Å². The van der Waals surface area contributed by atoms with E-state index < -0.39 is 21.0 Å². The van der Waals surface area contributed by atoms with Gasteiger partial charge in [0.05, 0.1) is 10.4 Å². The third-order valence-corrected chi connectivity index (χ3v) is 8.74. The van der Waals surface area contributed by atoms with Crippen LogP contribution in [0.5, 0.6) is 0 Å². The number of aromatic nitrogens is 1. The molecule has 8 heteroatoms. The maximum Gasteiger partial charge on any atom is 0.243 e. The Hall–Kier alpha value is -2.00. The van der Waals surface area contributed by atoms with Gasteiger partial charge in [0.25, 0.3) is 0 Å². The molecule has 1 aliphatic rings. The van der Waals surface area contributed by atoms with Crippen molar-refractivity contribution in [2.45, 2.75) is 48.4 Å². The normalized spacial score (nSPS) is 17.4. The van der Waals surface area contributed by atoms with Crippen LogP contribution in [0.4, 0.5) is 0 Å². The third kappa shape index (κ3) is 4.48. The van der Waals surface area contributed by atoms with Gasteiger partial charge in [-0.2, -0.15) is 0 Å². The van der Waals surface area contributed by atoms with Crippen molar-refractivity contribution in [3.63, 3.8) is 0 Å². The van der Waals surface area contributed by atoms with Gasteiger partial charge in [-0.1, -0.05) is 44.2 Å². The van der Waals surface area contributed by atoms with E-state index in [1.54, 1.807) is 16.1 Å². The Morgan fingerprint density at radius 2 is 1.71 bits per heavy atom. The van der Waals surface area contributed by atoms with Gasteiger partial charge < -0.3 is 4.90 Å². The van der Waals surface area contributed by atoms with Crippen LogP contribution in [0.1, 0.15) is 38.2 Å². The van der Waals surface area contributed by atoms with Crippen molar-refractivity contribution in [3.05, 3.63) is 60.3 Å². The maximum absolute atomic E-state index is 13.5. The van der Waals surface area contributed by atoms with Gasteiger partial charge in [0.2, 0.25) is 10.0 Å². The van der Waals surface area contributed by atoms with Crippen LogP contribution in [0.25, 0.3) is 10.9 Å². The Morgan fingerprint density at radius 3 is 2.35 bits per heavy atom. The number of nitrogens with zero attached hydrogens (tertiary/aromatic N) is 2. The lowest BCUT2D eigenvalue weighted by molar-refractivity contribution is 0.248. The summed E-state index contributed by atoms with van der Waals surface area (Å²) in [6.45, 7) is 5.82. The highest BCUT2D eigenvalue weighted by atomic mass is 32.2. The first-order valence-electron chi connectivity index (χ1n) is 10.6. The van der Waals surface area contributed by atoms with Gasteiger partial charge in [-0.15, -0.1) is 0 Å². The molecule has 4 rings (SSSR count). The molecule has 0 bridgehead atoms. The van der Waals surface area contributed by atoms with Crippen LogP contribution in [0.3, 0.4) is 0 Å². The van der Waals surface area contributed by atoms with E-state index in [1.807, 2.05) is 57.3 Å². The number of fused-ring (bicyclic) bond motifs is 1. The molecule has 1 saturated heterocycles. The number of hydrogen-bond acceptors (Lipinski definition) is 4. The Labute approximate surface area is 186 Å². The lowest BCUT2D eigenvalue weighted by Crippen LogP contribution is -2.43. The summed E-state index contributed by atoms with van der Waals surface area (Å²) in [5.74, 6) is 0.127. The SMILES string of the molecule is CC(C)c1cccc2c1c(S(=O)(=O)NC1CCN(C)CC1)cn2S(=O)c1ccccc1. The van der Waals surface area contributed by atoms with Gasteiger partial charge in [0.1, 0.15) is 4.90 Å². The van der Waals surface area contributed by atoms with E-state index >= 15 is 0 Å². The van der Waals surface area contributed by atoms with E-state index in [-0.39, 0.29) is 16.9 Å². The summed E-state index contributed by atoms with van der Waals surface area (Å²) in [6, 6.07) is 14.7. The zero-order valence-corrected chi connectivity index (χ0v) is 19.7. The van der Waals surface area contributed by atoms with Crippen molar-refractivity contribution >= 4 is 31.9 Å². The molecule has 1 aliphatic heterocycles. The molecule has 166 valence electrons. The molecule has 6 nitrogen and oxygen atoms in total. The molecule has 0 aliphatic carbocycles. The van der Waals surface area contributed by atoms with Gasteiger partial charge in [0, 0.05) is 17.6 Å². The van der Waals surface area contributed by atoms with E-state index in [1.165, 1.54) is 6.20 Å². The van der Waals surface area contributed by atoms with E-state index in [4.69, 9.17) is 0 Å². The largest absolute Gasteiger partial charge is 0.306 e. The number of sulfonamides is 1. The van der Waals surface area contributed by atoms with E-state index in [9.17, 15) is 12.6 Å². The van der Waals surface area contributed by atoms with Crippen molar-refractivity contribution in [1.29, 1.82) is 0 Å². The van der Waals surface area contributed by atoms with Gasteiger partial charge >= 0.3 is 0 Å². The summed E-state index contributed by atoms with van der Waals surface area (Å²) in [5.41, 5.74) is 1.60. The minimum atomic E-state index is -3.78. The van der Waals surface area contributed by atoms with E-state index in [0.29, 0.717) is 15.8 Å². The maximum atomic E-state index is 13.5. The second-order valence-corrected chi connectivity index (χ2v) is 11.5. The predicted octanol–water partition coefficient (Wildman–Crippen LogP) is 3.71. The van der Waals surface area contributed by atoms with Crippen LogP contribution in [0.2, 0.25) is 0 Å². The van der Waals surface area contributed by atoms with Crippen LogP contribution in [0, 0.1) is 0 Å². The first-order valence-corrected chi connectivity index (χ1v) is 13.2. The Balaban J connectivity index is 1.83. The predicted molar refractivity (Wildman–Crippen MR) is 125 cm³/mol. The first-order chi connectivity index (χ1) is 14.8. The fourth-order valence-corrected chi connectivity index (χ4v) is 6.88. The standard InChI is InChI=1S/C23H29N3O3S2/c1-17(2)20-10-7-11-21-23(20)22(16-26(21)30(27)19-8-5-4-6-9-19)31(28,29)24-18-12-14-25(3)15-13-18/h4-11,16-18,24H,12-15H2,1-3H3. The number of benzene rings is 2. The molecular formula is C23H29N3O3S2. The quantitative estimate of drug-likeness (QED) is 0.610. The molecule has 1 fully saturated rings. The van der Waals surface area contributed by atoms with E-state index in [0.717, 1.165) is 31.5 Å². The molecule has 0 spiro atoms. The lowest BCUT2D eigenvalue weighted by atomic mass is 9.99. The average Bonchev–Trinajstić information content (AvgIpc) is 3.16. The molecule has 0 amide bonds. The summed E-state index contributed by atoms with van der Waals surface area (Å²) in [7, 11) is -3.28. The Kier molecular flexibility index (Phi) is 6.35. The van der Waals surface area contributed by atoms with Crippen molar-refractivity contribution < 1.29 is 12.6 Å². The summed E-state index contributed by atoms with van der Waals surface area (Å²) in [6.07, 6.45) is 3.10. The molecule has 31 heavy (non-hydrogen) atoms. The highest BCUT2D eigenvalue weighted by Gasteiger charge is 2.29. The molecule has 0 radical (unpaired) electrons. The second-order valence-electron chi connectivity index (χ2n) is 8.48. The minimum Gasteiger partial charge on any atom is -0.306 e. The van der Waals surface area contributed by atoms with Crippen molar-refractivity contribution in [2.75, 3.05) is 20.1 Å². The van der Waals surface area contributed by atoms with Crippen LogP contribution in [0.15, 0.2) is 64.5 Å². The van der Waals surface area contributed by atoms with Gasteiger partial charge in [-0.25, -0.2) is 17.3 Å². The first kappa shape index (κ1) is 22.2. The number of nitrogens with one attached hydrogen (secondary N) is 1. The van der Waals surface area contributed by atoms with Crippen molar-refractivity contribution in [2.24, 2.45) is 0 Å². The van der Waals surface area contributed by atoms with Crippen LogP contribution in [-0.4, -0.2) is 47.7 Å². The van der Waals surface area contributed by atoms with Crippen molar-refractivity contribution in [3.8, 4) is 0 Å². The molecule has 0 saturated carbocycles. The van der Waals surface area contributed by atoms with Crippen LogP contribution < -0.4 is 4.72 Å². The zero-order valence-electron chi connectivity index (χ0n) is 18.1. The molecule has 1 N–H and O–H groups in total. The number of hydrogen-bond donors (Lipinski definition) is 1. The average molecular weight is 460 g/mol. The van der Waals surface area contributed by atoms with Gasteiger partial charge in [-0.05, 0) is 62.7 Å². The molecule has 2 aromatic carbocycles. The fraction of sp³-hybridized carbons (Fsp3) is 0.391. The smallest absolute Gasteiger partial charge is 0.243 e. The highest BCUT2D eigenvalue weighted by molar-refractivity contribution is 7.90. The molecule has 1 atom stereocenters. The van der Waals surface area contributed by atoms with Gasteiger partial charge in [0.15, 0.2) is 11.0 Å². The summed E-state index contributed by atoms with van der Waals surface area (Å²) < 4.78 is 44.9. The van der Waals surface area contributed by atoms with Crippen LogP contribution in [-0.2, 0) is 21.0 Å². The Bertz CT molecular complexity index is 1200.